The highest BCUT2D eigenvalue weighted by atomic mass is 16.5. The van der Waals surface area contributed by atoms with Gasteiger partial charge in [-0.3, -0.25) is 4.79 Å². The zero-order chi connectivity index (χ0) is 22.3. The summed E-state index contributed by atoms with van der Waals surface area (Å²) in [5.74, 6) is 0.549. The standard InChI is InChI=1S/C26H53NO3/c1-4-7-9-12-18-24(17-11-8-5-2)23-30-26(29)20-14-10-13-19-25(16-6-3)27-21-15-22-28/h24-25,27-28H,4-23H2,1-3H3. The van der Waals surface area contributed by atoms with Gasteiger partial charge in [0.05, 0.1) is 6.61 Å². The molecule has 30 heavy (non-hydrogen) atoms. The molecule has 0 aliphatic heterocycles. The number of aliphatic hydroxyl groups excluding tert-OH is 1. The van der Waals surface area contributed by atoms with Crippen molar-refractivity contribution in [3.8, 4) is 0 Å². The number of esters is 1. The van der Waals surface area contributed by atoms with Crippen LogP contribution in [-0.4, -0.2) is 36.9 Å². The number of ether oxygens (including phenoxy) is 1. The number of aliphatic hydroxyl groups is 1. The molecule has 180 valence electrons. The normalized spacial score (nSPS) is 13.3. The van der Waals surface area contributed by atoms with Crippen molar-refractivity contribution in [3.05, 3.63) is 0 Å². The van der Waals surface area contributed by atoms with E-state index in [-0.39, 0.29) is 12.6 Å². The van der Waals surface area contributed by atoms with Crippen molar-refractivity contribution in [2.45, 2.75) is 136 Å². The largest absolute Gasteiger partial charge is 0.465 e. The van der Waals surface area contributed by atoms with E-state index < -0.39 is 0 Å². The summed E-state index contributed by atoms with van der Waals surface area (Å²) >= 11 is 0. The summed E-state index contributed by atoms with van der Waals surface area (Å²) < 4.78 is 5.65. The van der Waals surface area contributed by atoms with Crippen LogP contribution in [0.2, 0.25) is 0 Å². The molecule has 0 aromatic rings. The Kier molecular flexibility index (Phi) is 22.6. The van der Waals surface area contributed by atoms with Gasteiger partial charge in [-0.15, -0.1) is 0 Å². The minimum Gasteiger partial charge on any atom is -0.465 e. The minimum absolute atomic E-state index is 0.00442. The second kappa shape index (κ2) is 23.1. The molecule has 0 amide bonds. The number of hydrogen-bond donors (Lipinski definition) is 2. The zero-order valence-corrected chi connectivity index (χ0v) is 20.6. The van der Waals surface area contributed by atoms with Crippen molar-refractivity contribution in [1.29, 1.82) is 0 Å². The van der Waals surface area contributed by atoms with Crippen LogP contribution in [0.25, 0.3) is 0 Å². The van der Waals surface area contributed by atoms with Crippen molar-refractivity contribution in [3.63, 3.8) is 0 Å². The predicted octanol–water partition coefficient (Wildman–Crippen LogP) is 6.79. The molecule has 0 radical (unpaired) electrons. The molecule has 0 saturated heterocycles. The number of unbranched alkanes of at least 4 members (excludes halogenated alkanes) is 7. The van der Waals surface area contributed by atoms with E-state index in [9.17, 15) is 4.79 Å². The Morgan fingerprint density at radius 1 is 0.767 bits per heavy atom. The van der Waals surface area contributed by atoms with Gasteiger partial charge >= 0.3 is 5.97 Å². The van der Waals surface area contributed by atoms with Crippen LogP contribution in [0.3, 0.4) is 0 Å². The van der Waals surface area contributed by atoms with Gasteiger partial charge in [-0.2, -0.15) is 0 Å². The fourth-order valence-corrected chi connectivity index (χ4v) is 4.06. The highest BCUT2D eigenvalue weighted by molar-refractivity contribution is 5.69. The first kappa shape index (κ1) is 29.4. The molecule has 0 aliphatic carbocycles. The molecule has 0 fully saturated rings. The maximum absolute atomic E-state index is 12.2. The third-order valence-corrected chi connectivity index (χ3v) is 6.00. The molecule has 0 rings (SSSR count). The lowest BCUT2D eigenvalue weighted by Gasteiger charge is -2.18. The summed E-state index contributed by atoms with van der Waals surface area (Å²) in [5.41, 5.74) is 0. The summed E-state index contributed by atoms with van der Waals surface area (Å²) in [4.78, 5) is 12.2. The first-order chi connectivity index (χ1) is 14.7. The lowest BCUT2D eigenvalue weighted by atomic mass is 9.95. The van der Waals surface area contributed by atoms with Crippen LogP contribution in [0, 0.1) is 5.92 Å². The van der Waals surface area contributed by atoms with Crippen molar-refractivity contribution >= 4 is 5.97 Å². The molecule has 2 atom stereocenters. The van der Waals surface area contributed by atoms with Gasteiger partial charge in [0.25, 0.3) is 0 Å². The number of rotatable bonds is 23. The van der Waals surface area contributed by atoms with Gasteiger partial charge in [0.15, 0.2) is 0 Å². The highest BCUT2D eigenvalue weighted by Gasteiger charge is 2.12. The van der Waals surface area contributed by atoms with Crippen molar-refractivity contribution in [1.82, 2.24) is 5.32 Å². The number of hydrogen-bond acceptors (Lipinski definition) is 4. The first-order valence-electron chi connectivity index (χ1n) is 13.2. The third-order valence-electron chi connectivity index (χ3n) is 6.00. The van der Waals surface area contributed by atoms with Gasteiger partial charge in [0, 0.05) is 19.1 Å². The fraction of sp³-hybridized carbons (Fsp3) is 0.962. The predicted molar refractivity (Wildman–Crippen MR) is 129 cm³/mol. The van der Waals surface area contributed by atoms with Crippen LogP contribution in [0.5, 0.6) is 0 Å². The molecule has 0 aromatic carbocycles. The molecule has 4 nitrogen and oxygen atoms in total. The Balaban J connectivity index is 3.94. The second-order valence-corrected chi connectivity index (χ2v) is 9.01. The van der Waals surface area contributed by atoms with Gasteiger partial charge < -0.3 is 15.2 Å². The lowest BCUT2D eigenvalue weighted by Crippen LogP contribution is -2.30. The summed E-state index contributed by atoms with van der Waals surface area (Å²) in [6, 6.07) is 0.546. The Labute approximate surface area is 187 Å². The smallest absolute Gasteiger partial charge is 0.305 e. The second-order valence-electron chi connectivity index (χ2n) is 9.01. The molecular formula is C26H53NO3. The van der Waals surface area contributed by atoms with E-state index in [0.29, 0.717) is 25.0 Å². The SMILES string of the molecule is CCCCCCC(CCCCC)COC(=O)CCCCCC(CCC)NCCCO. The van der Waals surface area contributed by atoms with E-state index >= 15 is 0 Å². The molecule has 0 saturated carbocycles. The number of nitrogens with one attached hydrogen (secondary N) is 1. The van der Waals surface area contributed by atoms with Crippen LogP contribution < -0.4 is 5.32 Å². The molecule has 0 heterocycles. The summed E-state index contributed by atoms with van der Waals surface area (Å²) in [6.07, 6.45) is 19.5. The summed E-state index contributed by atoms with van der Waals surface area (Å²) in [7, 11) is 0. The van der Waals surface area contributed by atoms with E-state index in [4.69, 9.17) is 9.84 Å². The van der Waals surface area contributed by atoms with Gasteiger partial charge in [-0.25, -0.2) is 0 Å². The van der Waals surface area contributed by atoms with Crippen LogP contribution >= 0.6 is 0 Å². The van der Waals surface area contributed by atoms with Crippen LogP contribution in [0.15, 0.2) is 0 Å². The van der Waals surface area contributed by atoms with E-state index in [2.05, 4.69) is 26.1 Å². The molecule has 0 spiro atoms. The molecule has 0 aliphatic rings. The Hall–Kier alpha value is -0.610. The van der Waals surface area contributed by atoms with Gasteiger partial charge in [-0.1, -0.05) is 85.0 Å². The molecule has 4 heteroatoms. The molecular weight excluding hydrogens is 374 g/mol. The average Bonchev–Trinajstić information content (AvgIpc) is 2.74. The van der Waals surface area contributed by atoms with E-state index in [1.54, 1.807) is 0 Å². The zero-order valence-electron chi connectivity index (χ0n) is 20.6. The van der Waals surface area contributed by atoms with Crippen molar-refractivity contribution < 1.29 is 14.6 Å². The van der Waals surface area contributed by atoms with Gasteiger partial charge in [0.2, 0.25) is 0 Å². The molecule has 0 aromatic heterocycles. The van der Waals surface area contributed by atoms with Crippen LogP contribution in [0.1, 0.15) is 130 Å². The maximum atomic E-state index is 12.2. The lowest BCUT2D eigenvalue weighted by molar-refractivity contribution is -0.145. The van der Waals surface area contributed by atoms with Gasteiger partial charge in [0.1, 0.15) is 0 Å². The molecule has 2 N–H and O–H groups in total. The van der Waals surface area contributed by atoms with E-state index in [1.807, 2.05) is 0 Å². The van der Waals surface area contributed by atoms with E-state index in [1.165, 1.54) is 70.6 Å². The molecule has 2 unspecified atom stereocenters. The van der Waals surface area contributed by atoms with Crippen molar-refractivity contribution in [2.75, 3.05) is 19.8 Å². The number of carbonyl (C=O) groups excluding carboxylic acids is 1. The first-order valence-corrected chi connectivity index (χ1v) is 13.2. The van der Waals surface area contributed by atoms with Crippen LogP contribution in [-0.2, 0) is 9.53 Å². The Morgan fingerprint density at radius 2 is 1.40 bits per heavy atom. The van der Waals surface area contributed by atoms with E-state index in [0.717, 1.165) is 38.6 Å². The monoisotopic (exact) mass is 427 g/mol. The van der Waals surface area contributed by atoms with Crippen LogP contribution in [0.4, 0.5) is 0 Å². The van der Waals surface area contributed by atoms with Crippen molar-refractivity contribution in [2.24, 2.45) is 5.92 Å². The maximum Gasteiger partial charge on any atom is 0.305 e. The molecule has 0 bridgehead atoms. The third kappa shape index (κ3) is 19.4. The minimum atomic E-state index is -0.00442. The summed E-state index contributed by atoms with van der Waals surface area (Å²) in [5, 5.41) is 12.5. The number of carbonyl (C=O) groups is 1. The summed E-state index contributed by atoms with van der Waals surface area (Å²) in [6.45, 7) is 8.49. The van der Waals surface area contributed by atoms with Gasteiger partial charge in [-0.05, 0) is 51.0 Å². The average molecular weight is 428 g/mol. The Morgan fingerprint density at radius 3 is 2.07 bits per heavy atom. The topological polar surface area (TPSA) is 58.6 Å². The Bertz CT molecular complexity index is 362. The quantitative estimate of drug-likeness (QED) is 0.139. The highest BCUT2D eigenvalue weighted by Crippen LogP contribution is 2.19. The fourth-order valence-electron chi connectivity index (χ4n) is 4.06.